The maximum atomic E-state index is 11.1. The van der Waals surface area contributed by atoms with Gasteiger partial charge in [-0.2, -0.15) is 0 Å². The molecule has 3 N–H and O–H groups in total. The third-order valence-corrected chi connectivity index (χ3v) is 4.22. The maximum absolute atomic E-state index is 11.1. The standard InChI is InChI=1S/C15H21ClN2O2/c1-18-13-4-2-3-5-14(13)20-9-11-7-6-10(15(17)19)8-12(11)16/h6-8,13-14,18H,2-5,9H2,1H3,(H2,17,19). The smallest absolute Gasteiger partial charge is 0.248 e. The molecule has 4 nitrogen and oxygen atoms in total. The number of benzene rings is 1. The molecule has 5 heteroatoms. The van der Waals surface area contributed by atoms with E-state index < -0.39 is 5.91 Å². The largest absolute Gasteiger partial charge is 0.372 e. The van der Waals surface area contributed by atoms with Crippen LogP contribution in [0.25, 0.3) is 0 Å². The van der Waals surface area contributed by atoms with Crippen LogP contribution in [-0.2, 0) is 11.3 Å². The van der Waals surface area contributed by atoms with Gasteiger partial charge < -0.3 is 15.8 Å². The first-order valence-electron chi connectivity index (χ1n) is 6.99. The molecule has 0 saturated heterocycles. The zero-order chi connectivity index (χ0) is 14.5. The van der Waals surface area contributed by atoms with E-state index in [4.69, 9.17) is 22.1 Å². The Morgan fingerprint density at radius 3 is 2.85 bits per heavy atom. The van der Waals surface area contributed by atoms with Gasteiger partial charge in [0, 0.05) is 16.6 Å². The highest BCUT2D eigenvalue weighted by Gasteiger charge is 2.24. The lowest BCUT2D eigenvalue weighted by Gasteiger charge is -2.31. The summed E-state index contributed by atoms with van der Waals surface area (Å²) < 4.78 is 5.99. The van der Waals surface area contributed by atoms with E-state index in [9.17, 15) is 4.79 Å². The Hall–Kier alpha value is -1.10. The van der Waals surface area contributed by atoms with Crippen LogP contribution in [0.1, 0.15) is 41.6 Å². The summed E-state index contributed by atoms with van der Waals surface area (Å²) in [5.41, 5.74) is 6.53. The molecule has 2 atom stereocenters. The molecule has 110 valence electrons. The molecule has 0 radical (unpaired) electrons. The molecule has 1 aliphatic carbocycles. The predicted molar refractivity (Wildman–Crippen MR) is 79.9 cm³/mol. The van der Waals surface area contributed by atoms with Crippen LogP contribution in [0.2, 0.25) is 5.02 Å². The molecule has 0 aliphatic heterocycles. The van der Waals surface area contributed by atoms with Gasteiger partial charge in [0.1, 0.15) is 0 Å². The molecule has 1 amide bonds. The summed E-state index contributed by atoms with van der Waals surface area (Å²) >= 11 is 6.16. The van der Waals surface area contributed by atoms with Gasteiger partial charge in [-0.25, -0.2) is 0 Å². The van der Waals surface area contributed by atoms with Crippen molar-refractivity contribution >= 4 is 17.5 Å². The number of hydrogen-bond acceptors (Lipinski definition) is 3. The zero-order valence-electron chi connectivity index (χ0n) is 11.7. The Labute approximate surface area is 124 Å². The number of nitrogens with one attached hydrogen (secondary N) is 1. The highest BCUT2D eigenvalue weighted by Crippen LogP contribution is 2.24. The molecule has 1 saturated carbocycles. The first-order valence-corrected chi connectivity index (χ1v) is 7.36. The van der Waals surface area contributed by atoms with Crippen molar-refractivity contribution in [3.63, 3.8) is 0 Å². The van der Waals surface area contributed by atoms with Crippen LogP contribution in [0, 0.1) is 0 Å². The minimum Gasteiger partial charge on any atom is -0.372 e. The van der Waals surface area contributed by atoms with Gasteiger partial charge in [0.15, 0.2) is 0 Å². The average molecular weight is 297 g/mol. The molecule has 0 spiro atoms. The summed E-state index contributed by atoms with van der Waals surface area (Å²) in [4.78, 5) is 11.1. The molecular weight excluding hydrogens is 276 g/mol. The molecule has 1 aliphatic rings. The Morgan fingerprint density at radius 2 is 2.20 bits per heavy atom. The first-order chi connectivity index (χ1) is 9.61. The van der Waals surface area contributed by atoms with E-state index in [1.807, 2.05) is 7.05 Å². The van der Waals surface area contributed by atoms with Gasteiger partial charge >= 0.3 is 0 Å². The monoisotopic (exact) mass is 296 g/mol. The van der Waals surface area contributed by atoms with Gasteiger partial charge in [0.25, 0.3) is 0 Å². The number of halogens is 1. The highest BCUT2D eigenvalue weighted by atomic mass is 35.5. The summed E-state index contributed by atoms with van der Waals surface area (Å²) in [6, 6.07) is 5.49. The van der Waals surface area contributed by atoms with E-state index in [1.54, 1.807) is 18.2 Å². The maximum Gasteiger partial charge on any atom is 0.248 e. The lowest BCUT2D eigenvalue weighted by Crippen LogP contribution is -2.41. The van der Waals surface area contributed by atoms with E-state index in [2.05, 4.69) is 5.32 Å². The van der Waals surface area contributed by atoms with E-state index >= 15 is 0 Å². The van der Waals surface area contributed by atoms with E-state index in [-0.39, 0.29) is 6.10 Å². The fourth-order valence-corrected chi connectivity index (χ4v) is 2.88. The molecule has 20 heavy (non-hydrogen) atoms. The number of nitrogens with two attached hydrogens (primary N) is 1. The fraction of sp³-hybridized carbons (Fsp3) is 0.533. The second-order valence-corrected chi connectivity index (χ2v) is 5.61. The third-order valence-electron chi connectivity index (χ3n) is 3.86. The summed E-state index contributed by atoms with van der Waals surface area (Å²) in [5, 5.41) is 3.84. The van der Waals surface area contributed by atoms with E-state index in [1.165, 1.54) is 12.8 Å². The first kappa shape index (κ1) is 15.3. The molecule has 2 unspecified atom stereocenters. The van der Waals surface area contributed by atoms with Gasteiger partial charge in [-0.05, 0) is 37.6 Å². The van der Waals surface area contributed by atoms with Gasteiger partial charge in [-0.3, -0.25) is 4.79 Å². The van der Waals surface area contributed by atoms with E-state index in [0.29, 0.717) is 23.2 Å². The number of likely N-dealkylation sites (N-methyl/N-ethyl adjacent to an activating group) is 1. The molecule has 0 aromatic heterocycles. The van der Waals surface area contributed by atoms with Crippen molar-refractivity contribution < 1.29 is 9.53 Å². The number of rotatable bonds is 5. The lowest BCUT2D eigenvalue weighted by molar-refractivity contribution is -0.00358. The van der Waals surface area contributed by atoms with Crippen LogP contribution in [-0.4, -0.2) is 25.1 Å². The summed E-state index contributed by atoms with van der Waals surface area (Å²) in [5.74, 6) is -0.470. The van der Waals surface area contributed by atoms with Crippen molar-refractivity contribution in [2.75, 3.05) is 7.05 Å². The van der Waals surface area contributed by atoms with Gasteiger partial charge in [0.05, 0.1) is 12.7 Å². The average Bonchev–Trinajstić information content (AvgIpc) is 2.46. The second-order valence-electron chi connectivity index (χ2n) is 5.20. The minimum atomic E-state index is -0.470. The van der Waals surface area contributed by atoms with Crippen molar-refractivity contribution in [3.8, 4) is 0 Å². The van der Waals surface area contributed by atoms with Crippen molar-refractivity contribution in [1.29, 1.82) is 0 Å². The summed E-state index contributed by atoms with van der Waals surface area (Å²) in [6.07, 6.45) is 4.90. The lowest BCUT2D eigenvalue weighted by atomic mass is 9.92. The quantitative estimate of drug-likeness (QED) is 0.877. The Kier molecular flexibility index (Phi) is 5.40. The van der Waals surface area contributed by atoms with Crippen LogP contribution < -0.4 is 11.1 Å². The normalized spacial score (nSPS) is 22.7. The van der Waals surface area contributed by atoms with Crippen molar-refractivity contribution in [3.05, 3.63) is 34.3 Å². The summed E-state index contributed by atoms with van der Waals surface area (Å²) in [6.45, 7) is 0.459. The van der Waals surface area contributed by atoms with Gasteiger partial charge in [-0.1, -0.05) is 30.5 Å². The van der Waals surface area contributed by atoms with Gasteiger partial charge in [0.2, 0.25) is 5.91 Å². The van der Waals surface area contributed by atoms with Crippen LogP contribution in [0.5, 0.6) is 0 Å². The Balaban J connectivity index is 1.98. The third kappa shape index (κ3) is 3.72. The molecular formula is C15H21ClN2O2. The SMILES string of the molecule is CNC1CCCCC1OCc1ccc(C(N)=O)cc1Cl. The van der Waals surface area contributed by atoms with Crippen molar-refractivity contribution in [1.82, 2.24) is 5.32 Å². The van der Waals surface area contributed by atoms with Gasteiger partial charge in [-0.15, -0.1) is 0 Å². The number of hydrogen-bond donors (Lipinski definition) is 2. The Bertz CT molecular complexity index is 479. The molecule has 0 bridgehead atoms. The van der Waals surface area contributed by atoms with Crippen molar-refractivity contribution in [2.45, 2.75) is 44.4 Å². The number of carbonyl (C=O) groups is 1. The molecule has 1 fully saturated rings. The number of primary amides is 1. The topological polar surface area (TPSA) is 64.3 Å². The second kappa shape index (κ2) is 7.07. The molecule has 2 rings (SSSR count). The minimum absolute atomic E-state index is 0.223. The zero-order valence-corrected chi connectivity index (χ0v) is 12.5. The summed E-state index contributed by atoms with van der Waals surface area (Å²) in [7, 11) is 1.97. The number of carbonyl (C=O) groups excluding carboxylic acids is 1. The number of ether oxygens (including phenoxy) is 1. The highest BCUT2D eigenvalue weighted by molar-refractivity contribution is 6.31. The Morgan fingerprint density at radius 1 is 1.45 bits per heavy atom. The van der Waals surface area contributed by atoms with Crippen LogP contribution in [0.15, 0.2) is 18.2 Å². The predicted octanol–water partition coefficient (Wildman–Crippen LogP) is 2.49. The molecule has 0 heterocycles. The fourth-order valence-electron chi connectivity index (χ4n) is 2.64. The molecule has 1 aromatic carbocycles. The van der Waals surface area contributed by atoms with Crippen LogP contribution in [0.3, 0.4) is 0 Å². The van der Waals surface area contributed by atoms with Crippen molar-refractivity contribution in [2.24, 2.45) is 5.73 Å². The van der Waals surface area contributed by atoms with E-state index in [0.717, 1.165) is 18.4 Å². The number of amides is 1. The van der Waals surface area contributed by atoms with Crippen LogP contribution in [0.4, 0.5) is 0 Å². The molecule has 1 aromatic rings. The van der Waals surface area contributed by atoms with Crippen LogP contribution >= 0.6 is 11.6 Å².